The zero-order valence-electron chi connectivity index (χ0n) is 52.4. The van der Waals surface area contributed by atoms with E-state index in [2.05, 4.69) is 178 Å². The van der Waals surface area contributed by atoms with Crippen molar-refractivity contribution >= 4 is 49.3 Å². The number of ether oxygens (including phenoxy) is 7. The Labute approximate surface area is 508 Å². The number of fused-ring (bicyclic) bond motifs is 3. The number of benzene rings is 4. The van der Waals surface area contributed by atoms with Crippen LogP contribution in [0, 0.1) is 47.3 Å². The van der Waals surface area contributed by atoms with Gasteiger partial charge < -0.3 is 47.3 Å². The Morgan fingerprint density at radius 2 is 0.953 bits per heavy atom. The third-order valence-electron chi connectivity index (χ3n) is 20.4. The molecule has 462 valence electrons. The fourth-order valence-electron chi connectivity index (χ4n) is 15.8. The van der Waals surface area contributed by atoms with Crippen LogP contribution in [-0.4, -0.2) is 125 Å². The summed E-state index contributed by atoms with van der Waals surface area (Å²) in [5.74, 6) is -1.31. The lowest BCUT2D eigenvalue weighted by Crippen LogP contribution is -2.67. The van der Waals surface area contributed by atoms with Gasteiger partial charge in [-0.25, -0.2) is 4.79 Å². The number of amides is 1. The maximum Gasteiger partial charge on any atom is 0.332 e. The molecule has 9 rings (SSSR count). The summed E-state index contributed by atoms with van der Waals surface area (Å²) in [5.41, 5.74) is 9.45. The van der Waals surface area contributed by atoms with E-state index in [1.54, 1.807) is 21.1 Å². The first-order chi connectivity index (χ1) is 40.7. The lowest BCUT2D eigenvalue weighted by molar-refractivity contribution is -0.454. The van der Waals surface area contributed by atoms with Gasteiger partial charge in [0.15, 0.2) is 0 Å². The minimum absolute atomic E-state index is 0.0738. The summed E-state index contributed by atoms with van der Waals surface area (Å²) in [6, 6.07) is 43.5. The molecule has 15 nitrogen and oxygen atoms in total. The number of methoxy groups -OCH3 is 2. The molecule has 1 heterocycles. The Morgan fingerprint density at radius 3 is 1.33 bits per heavy atom. The molecular formula is C68H96N4O11Si2. The van der Waals surface area contributed by atoms with E-state index < -0.39 is 46.4 Å². The van der Waals surface area contributed by atoms with Crippen LogP contribution in [0.2, 0.25) is 10.1 Å². The molecule has 4 aromatic carbocycles. The molecule has 0 radical (unpaired) electrons. The van der Waals surface area contributed by atoms with Gasteiger partial charge in [-0.1, -0.05) is 168 Å². The normalized spacial score (nSPS) is 30.6. The van der Waals surface area contributed by atoms with Gasteiger partial charge in [-0.3, -0.25) is 4.79 Å². The number of carbonyl (C=O) groups excluding carboxylic acids is 2. The molecule has 1 saturated heterocycles. The molecule has 5 aliphatic rings. The van der Waals surface area contributed by atoms with Crippen molar-refractivity contribution in [3.8, 4) is 0 Å². The lowest BCUT2D eigenvalue weighted by atomic mass is 9.62. The van der Waals surface area contributed by atoms with E-state index >= 15 is 0 Å². The number of nitrogens with one attached hydrogen (secondary N) is 1. The SMILES string of the molecule is CCOC(=O)CO[C@@H]1C[C@@H]2C[C@H](CO[Si](c3ccccc3)(c3ccccc3)C(C)(C)C)[C@@H](CO[Si](c3ccccc3)(c3ccccc3)C(C)(C)C)C[C@@H]2C[C@H]1OCC(=O)NC[C@H]1C[C@H]2C[C@H]3O[C@](C)(OC)[C@@](C)(OC)O[C@@H]3C[C@H]2C[C@@H]1CN=[N+]=[N-]. The largest absolute Gasteiger partial charge is 0.464 e. The van der Waals surface area contributed by atoms with Crippen LogP contribution in [0.5, 0.6) is 0 Å². The number of nitrogens with zero attached hydrogens (tertiary/aromatic N) is 3. The van der Waals surface area contributed by atoms with E-state index in [1.165, 1.54) is 20.7 Å². The highest BCUT2D eigenvalue weighted by Crippen LogP contribution is 2.52. The number of rotatable bonds is 23. The van der Waals surface area contributed by atoms with Gasteiger partial charge in [0.05, 0.1) is 31.0 Å². The Bertz CT molecular complexity index is 2760. The Morgan fingerprint density at radius 1 is 0.576 bits per heavy atom. The van der Waals surface area contributed by atoms with Crippen molar-refractivity contribution in [1.82, 2.24) is 5.32 Å². The number of carbonyl (C=O) groups is 2. The topological polar surface area (TPSA) is 178 Å². The maximum absolute atomic E-state index is 14.2. The van der Waals surface area contributed by atoms with Crippen LogP contribution in [0.1, 0.15) is 114 Å². The van der Waals surface area contributed by atoms with E-state index in [9.17, 15) is 15.1 Å². The van der Waals surface area contributed by atoms with Crippen molar-refractivity contribution in [2.45, 2.75) is 160 Å². The fourth-order valence-corrected chi connectivity index (χ4v) is 25.0. The second-order valence-corrected chi connectivity index (χ2v) is 35.9. The van der Waals surface area contributed by atoms with Crippen LogP contribution in [0.3, 0.4) is 0 Å². The van der Waals surface area contributed by atoms with E-state index in [0.29, 0.717) is 51.0 Å². The molecule has 0 bridgehead atoms. The third-order valence-corrected chi connectivity index (χ3v) is 30.4. The molecule has 1 aliphatic heterocycles. The average Bonchev–Trinajstić information content (AvgIpc) is 1.50. The molecule has 4 aliphatic carbocycles. The van der Waals surface area contributed by atoms with Gasteiger partial charge in [0.25, 0.3) is 16.6 Å². The summed E-state index contributed by atoms with van der Waals surface area (Å²) in [6.07, 6.45) is 5.08. The second kappa shape index (κ2) is 27.7. The Hall–Kier alpha value is -4.76. The third kappa shape index (κ3) is 13.9. The van der Waals surface area contributed by atoms with Crippen LogP contribution in [0.15, 0.2) is 126 Å². The predicted molar refractivity (Wildman–Crippen MR) is 336 cm³/mol. The molecule has 0 unspecified atom stereocenters. The van der Waals surface area contributed by atoms with Crippen molar-refractivity contribution < 1.29 is 51.6 Å². The monoisotopic (exact) mass is 1200 g/mol. The predicted octanol–water partition coefficient (Wildman–Crippen LogP) is 10.5. The molecule has 4 aromatic rings. The van der Waals surface area contributed by atoms with Crippen molar-refractivity contribution in [2.75, 3.05) is 60.3 Å². The maximum atomic E-state index is 14.2. The molecule has 1 amide bonds. The number of azide groups is 1. The van der Waals surface area contributed by atoms with Crippen molar-refractivity contribution in [2.24, 2.45) is 52.5 Å². The standard InChI is InChI=1S/C68H96N4O11Si2/c1-12-77-64(74)46-79-60-38-50-36-54(44-81-85(66(5,6)7,57-29-21-15-22-30-57)58-31-23-16-24-32-58)53(43-80-84(65(2,3)4,55-25-17-13-18-26-55)56-27-19-14-20-28-56)35-49(50)37-59(60)78-45-63(73)70-41-51-33-47-39-61-62(40-48(47)34-52(51)42-71-72-69)83-68(9,76-11)67(8,75-10)82-61/h13-32,47-54,59-62H,12,33-46H2,1-11H3,(H,70,73)/t47-,48+,49+,50-,51+,52+,53+,54+,59+,60+,61+,62+,67-,68-/m0/s1. The molecule has 17 heteroatoms. The van der Waals surface area contributed by atoms with Gasteiger partial charge >= 0.3 is 5.97 Å². The molecule has 4 saturated carbocycles. The summed E-state index contributed by atoms with van der Waals surface area (Å²) in [5, 5.41) is 11.9. The molecule has 85 heavy (non-hydrogen) atoms. The second-order valence-electron chi connectivity index (χ2n) is 27.2. The number of hydrogen-bond acceptors (Lipinski definition) is 12. The van der Waals surface area contributed by atoms with Crippen LogP contribution >= 0.6 is 0 Å². The van der Waals surface area contributed by atoms with Gasteiger partial charge in [-0.15, -0.1) is 0 Å². The van der Waals surface area contributed by atoms with Crippen LogP contribution in [0.25, 0.3) is 10.4 Å². The molecule has 0 spiro atoms. The van der Waals surface area contributed by atoms with Crippen LogP contribution in [0.4, 0.5) is 0 Å². The molecule has 5 fully saturated rings. The summed E-state index contributed by atoms with van der Waals surface area (Å²) in [4.78, 5) is 30.3. The Balaban J connectivity index is 0.961. The smallest absolute Gasteiger partial charge is 0.332 e. The van der Waals surface area contributed by atoms with Crippen LogP contribution < -0.4 is 26.1 Å². The van der Waals surface area contributed by atoms with Crippen molar-refractivity contribution in [1.29, 1.82) is 0 Å². The van der Waals surface area contributed by atoms with Crippen molar-refractivity contribution in [3.63, 3.8) is 0 Å². The van der Waals surface area contributed by atoms with Gasteiger partial charge in [0.1, 0.15) is 13.2 Å². The minimum atomic E-state index is -2.95. The van der Waals surface area contributed by atoms with Gasteiger partial charge in [-0.2, -0.15) is 0 Å². The zero-order valence-corrected chi connectivity index (χ0v) is 54.4. The fraction of sp³-hybridized carbons (Fsp3) is 0.618. The van der Waals surface area contributed by atoms with E-state index in [-0.39, 0.29) is 83.5 Å². The van der Waals surface area contributed by atoms with Crippen molar-refractivity contribution in [3.05, 3.63) is 132 Å². The quantitative estimate of drug-likeness (QED) is 0.0246. The summed E-state index contributed by atoms with van der Waals surface area (Å²) in [7, 11) is -2.66. The lowest BCUT2D eigenvalue weighted by Gasteiger charge is -2.56. The van der Waals surface area contributed by atoms with E-state index in [0.717, 1.165) is 38.5 Å². The van der Waals surface area contributed by atoms with E-state index in [4.69, 9.17) is 42.0 Å². The highest BCUT2D eigenvalue weighted by atomic mass is 28.4. The number of hydrogen-bond donors (Lipinski definition) is 1. The van der Waals surface area contributed by atoms with Crippen LogP contribution in [-0.2, 0) is 51.6 Å². The highest BCUT2D eigenvalue weighted by molar-refractivity contribution is 7.00. The van der Waals surface area contributed by atoms with Gasteiger partial charge in [0.2, 0.25) is 17.5 Å². The highest BCUT2D eigenvalue weighted by Gasteiger charge is 2.60. The molecule has 1 N–H and O–H groups in total. The average molecular weight is 1200 g/mol. The summed E-state index contributed by atoms with van der Waals surface area (Å²) >= 11 is 0. The molecule has 0 aromatic heterocycles. The first kappa shape index (κ1) is 64.7. The first-order valence-electron chi connectivity index (χ1n) is 31.3. The zero-order chi connectivity index (χ0) is 60.6. The Kier molecular flexibility index (Phi) is 21.1. The summed E-state index contributed by atoms with van der Waals surface area (Å²) < 4.78 is 59.4. The van der Waals surface area contributed by atoms with Gasteiger partial charge in [-0.05, 0) is 156 Å². The summed E-state index contributed by atoms with van der Waals surface area (Å²) in [6.45, 7) is 21.3. The number of esters is 1. The van der Waals surface area contributed by atoms with Gasteiger partial charge in [0, 0.05) is 45.4 Å². The molecular weight excluding hydrogens is 1100 g/mol. The first-order valence-corrected chi connectivity index (χ1v) is 35.1. The molecule has 14 atom stereocenters. The van der Waals surface area contributed by atoms with E-state index in [1.807, 2.05) is 13.8 Å². The minimum Gasteiger partial charge on any atom is -0.464 e.